The summed E-state index contributed by atoms with van der Waals surface area (Å²) in [6.07, 6.45) is 0. The summed E-state index contributed by atoms with van der Waals surface area (Å²) in [5.41, 5.74) is -1.37. The Balaban J connectivity index is 3.06. The summed E-state index contributed by atoms with van der Waals surface area (Å²) >= 11 is 14.4. The summed E-state index contributed by atoms with van der Waals surface area (Å²) in [5, 5.41) is 0.584. The third-order valence-corrected chi connectivity index (χ3v) is 4.42. The van der Waals surface area contributed by atoms with Gasteiger partial charge in [0.15, 0.2) is 0 Å². The standard InChI is InChI=1S/C12H12BrCl2FO2/c1-7(17)11(2,3)12(13,16)18-10-5-4-8(14)6-9(10)15/h4-6H,1-3H3. The molecule has 1 aromatic rings. The van der Waals surface area contributed by atoms with Crippen molar-refractivity contribution in [2.75, 3.05) is 0 Å². The molecular formula is C12H12BrCl2FO2. The number of benzene rings is 1. The average Bonchev–Trinajstić information content (AvgIpc) is 2.21. The van der Waals surface area contributed by atoms with Gasteiger partial charge in [0, 0.05) is 21.0 Å². The predicted octanol–water partition coefficient (Wildman–Crippen LogP) is 5.01. The highest BCUT2D eigenvalue weighted by Gasteiger charge is 2.50. The molecule has 1 aromatic carbocycles. The highest BCUT2D eigenvalue weighted by atomic mass is 79.9. The highest BCUT2D eigenvalue weighted by molar-refractivity contribution is 9.10. The van der Waals surface area contributed by atoms with E-state index >= 15 is 0 Å². The Morgan fingerprint density at radius 2 is 1.94 bits per heavy atom. The van der Waals surface area contributed by atoms with Gasteiger partial charge in [0.2, 0.25) is 0 Å². The number of hydrogen-bond acceptors (Lipinski definition) is 2. The summed E-state index contributed by atoms with van der Waals surface area (Å²) in [6.45, 7) is 4.17. The van der Waals surface area contributed by atoms with Crippen molar-refractivity contribution in [3.8, 4) is 5.75 Å². The average molecular weight is 358 g/mol. The third kappa shape index (κ3) is 3.16. The molecule has 0 aliphatic heterocycles. The number of carbonyl (C=O) groups excluding carboxylic acids is 1. The zero-order valence-electron chi connectivity index (χ0n) is 10.1. The van der Waals surface area contributed by atoms with Crippen molar-refractivity contribution in [1.29, 1.82) is 0 Å². The maximum absolute atomic E-state index is 14.5. The smallest absolute Gasteiger partial charge is 0.316 e. The van der Waals surface area contributed by atoms with Gasteiger partial charge in [0.25, 0.3) is 0 Å². The van der Waals surface area contributed by atoms with Crippen LogP contribution in [0.5, 0.6) is 5.75 Å². The lowest BCUT2D eigenvalue weighted by molar-refractivity contribution is -0.140. The van der Waals surface area contributed by atoms with Gasteiger partial charge in [-0.25, -0.2) is 0 Å². The zero-order chi connectivity index (χ0) is 14.1. The number of Topliss-reactive ketones (excluding diaryl/α,β-unsaturated/α-hetero) is 1. The van der Waals surface area contributed by atoms with Gasteiger partial charge in [0.1, 0.15) is 16.9 Å². The molecule has 1 rings (SSSR count). The van der Waals surface area contributed by atoms with Crippen molar-refractivity contribution in [3.05, 3.63) is 28.2 Å². The molecule has 0 bridgehead atoms. The van der Waals surface area contributed by atoms with Crippen LogP contribution < -0.4 is 4.74 Å². The van der Waals surface area contributed by atoms with Crippen LogP contribution in [0.4, 0.5) is 4.39 Å². The van der Waals surface area contributed by atoms with E-state index < -0.39 is 10.2 Å². The number of ether oxygens (including phenoxy) is 1. The van der Waals surface area contributed by atoms with Crippen LogP contribution in [0.25, 0.3) is 0 Å². The minimum absolute atomic E-state index is 0.106. The lowest BCUT2D eigenvalue weighted by Crippen LogP contribution is -2.45. The molecule has 1 atom stereocenters. The summed E-state index contributed by atoms with van der Waals surface area (Å²) in [6, 6.07) is 4.39. The van der Waals surface area contributed by atoms with E-state index in [1.54, 1.807) is 0 Å². The van der Waals surface area contributed by atoms with Crippen molar-refractivity contribution >= 4 is 44.9 Å². The molecule has 1 unspecified atom stereocenters. The number of ketones is 1. The molecule has 0 radical (unpaired) electrons. The van der Waals surface area contributed by atoms with Crippen molar-refractivity contribution in [2.24, 2.45) is 5.41 Å². The number of halogens is 4. The molecule has 0 aliphatic rings. The molecule has 0 heterocycles. The Labute approximate surface area is 124 Å². The fourth-order valence-electron chi connectivity index (χ4n) is 1.03. The lowest BCUT2D eigenvalue weighted by Gasteiger charge is -2.33. The van der Waals surface area contributed by atoms with E-state index in [9.17, 15) is 9.18 Å². The van der Waals surface area contributed by atoms with Crippen LogP contribution in [0.2, 0.25) is 10.0 Å². The second-order valence-corrected chi connectivity index (χ2v) is 6.24. The Hall–Kier alpha value is -0.320. The van der Waals surface area contributed by atoms with Crippen molar-refractivity contribution < 1.29 is 13.9 Å². The Morgan fingerprint density at radius 3 is 2.39 bits per heavy atom. The molecule has 0 spiro atoms. The van der Waals surface area contributed by atoms with E-state index in [1.807, 2.05) is 0 Å². The second-order valence-electron chi connectivity index (χ2n) is 4.37. The van der Waals surface area contributed by atoms with Crippen molar-refractivity contribution in [1.82, 2.24) is 0 Å². The minimum atomic E-state index is -2.36. The molecule has 0 fully saturated rings. The van der Waals surface area contributed by atoms with Crippen LogP contribution in [0.3, 0.4) is 0 Å². The Kier molecular flexibility index (Phi) is 4.68. The first kappa shape index (κ1) is 15.7. The summed E-state index contributed by atoms with van der Waals surface area (Å²) in [5.74, 6) is -0.248. The highest BCUT2D eigenvalue weighted by Crippen LogP contribution is 2.44. The molecular weight excluding hydrogens is 346 g/mol. The summed E-state index contributed by atoms with van der Waals surface area (Å²) in [4.78, 5) is 11.4. The molecule has 18 heavy (non-hydrogen) atoms. The van der Waals surface area contributed by atoms with Crippen LogP contribution in [-0.2, 0) is 4.79 Å². The molecule has 6 heteroatoms. The fourth-order valence-corrected chi connectivity index (χ4v) is 1.93. The topological polar surface area (TPSA) is 26.3 Å². The molecule has 0 N–H and O–H groups in total. The lowest BCUT2D eigenvalue weighted by atomic mass is 9.89. The third-order valence-electron chi connectivity index (χ3n) is 2.74. The van der Waals surface area contributed by atoms with Crippen LogP contribution >= 0.6 is 39.1 Å². The Morgan fingerprint density at radius 1 is 1.39 bits per heavy atom. The Bertz CT molecular complexity index is 475. The number of hydrogen-bond donors (Lipinski definition) is 0. The van der Waals surface area contributed by atoms with Gasteiger partial charge in [-0.1, -0.05) is 23.2 Å². The van der Waals surface area contributed by atoms with E-state index in [0.717, 1.165) is 0 Å². The van der Waals surface area contributed by atoms with E-state index in [1.165, 1.54) is 39.0 Å². The van der Waals surface area contributed by atoms with Crippen LogP contribution in [0, 0.1) is 5.41 Å². The van der Waals surface area contributed by atoms with Gasteiger partial charge in [-0.15, -0.1) is 0 Å². The first-order chi connectivity index (χ1) is 8.08. The van der Waals surface area contributed by atoms with Crippen LogP contribution in [0.15, 0.2) is 18.2 Å². The number of rotatable bonds is 4. The first-order valence-corrected chi connectivity index (χ1v) is 6.66. The van der Waals surface area contributed by atoms with Gasteiger partial charge >= 0.3 is 4.76 Å². The van der Waals surface area contributed by atoms with Gasteiger partial charge < -0.3 is 4.74 Å². The monoisotopic (exact) mass is 356 g/mol. The zero-order valence-corrected chi connectivity index (χ0v) is 13.2. The normalized spacial score (nSPS) is 15.1. The molecule has 2 nitrogen and oxygen atoms in total. The van der Waals surface area contributed by atoms with Crippen molar-refractivity contribution in [2.45, 2.75) is 25.5 Å². The van der Waals surface area contributed by atoms with Gasteiger partial charge in [-0.2, -0.15) is 4.39 Å². The van der Waals surface area contributed by atoms with Crippen molar-refractivity contribution in [3.63, 3.8) is 0 Å². The van der Waals surface area contributed by atoms with E-state index in [2.05, 4.69) is 15.9 Å². The van der Waals surface area contributed by atoms with Gasteiger partial charge in [0.05, 0.1) is 5.02 Å². The summed E-state index contributed by atoms with van der Waals surface area (Å²) in [7, 11) is 0. The minimum Gasteiger partial charge on any atom is -0.446 e. The molecule has 0 amide bonds. The number of carbonyl (C=O) groups is 1. The maximum Gasteiger partial charge on any atom is 0.316 e. The molecule has 0 aliphatic carbocycles. The fraction of sp³-hybridized carbons (Fsp3) is 0.417. The van der Waals surface area contributed by atoms with Gasteiger partial charge in [-0.05, 0) is 39.0 Å². The predicted molar refractivity (Wildman–Crippen MR) is 74.3 cm³/mol. The molecule has 0 saturated carbocycles. The van der Waals surface area contributed by atoms with Crippen LogP contribution in [-0.4, -0.2) is 10.5 Å². The largest absolute Gasteiger partial charge is 0.446 e. The molecule has 0 aromatic heterocycles. The van der Waals surface area contributed by atoms with E-state index in [4.69, 9.17) is 27.9 Å². The number of alkyl halides is 2. The maximum atomic E-state index is 14.5. The SMILES string of the molecule is CC(=O)C(C)(C)C(F)(Br)Oc1ccc(Cl)cc1Cl. The van der Waals surface area contributed by atoms with E-state index in [0.29, 0.717) is 5.02 Å². The van der Waals surface area contributed by atoms with Crippen LogP contribution in [0.1, 0.15) is 20.8 Å². The molecule has 0 saturated heterocycles. The van der Waals surface area contributed by atoms with E-state index in [-0.39, 0.29) is 16.6 Å². The summed E-state index contributed by atoms with van der Waals surface area (Å²) < 4.78 is 17.3. The molecule has 100 valence electrons. The second kappa shape index (κ2) is 5.35. The van der Waals surface area contributed by atoms with Gasteiger partial charge in [-0.3, -0.25) is 4.79 Å². The first-order valence-electron chi connectivity index (χ1n) is 5.11. The quantitative estimate of drug-likeness (QED) is 0.708.